The average molecular weight is 257 g/mol. The highest BCUT2D eigenvalue weighted by Crippen LogP contribution is 2.23. The van der Waals surface area contributed by atoms with Gasteiger partial charge in [0.1, 0.15) is 5.02 Å². The van der Waals surface area contributed by atoms with Gasteiger partial charge in [0, 0.05) is 12.7 Å². The lowest BCUT2D eigenvalue weighted by molar-refractivity contribution is 0.232. The maximum Gasteiger partial charge on any atom is 0.232 e. The minimum absolute atomic E-state index is 0.0879. The predicted molar refractivity (Wildman–Crippen MR) is 71.6 cm³/mol. The summed E-state index contributed by atoms with van der Waals surface area (Å²) in [6, 6.07) is 1.90. The largest absolute Gasteiger partial charge is 0.474 e. The number of halogens is 1. The molecule has 0 aromatic carbocycles. The molecule has 1 rings (SSSR count). The topological polar surface area (TPSA) is 34.2 Å². The van der Waals surface area contributed by atoms with Crippen LogP contribution in [-0.4, -0.2) is 17.6 Å². The first-order chi connectivity index (χ1) is 7.99. The number of ether oxygens (including phenoxy) is 1. The molecular formula is C13H21ClN2O. The molecule has 0 saturated heterocycles. The van der Waals surface area contributed by atoms with Gasteiger partial charge in [-0.3, -0.25) is 0 Å². The van der Waals surface area contributed by atoms with E-state index in [9.17, 15) is 0 Å². The number of pyridine rings is 1. The normalized spacial score (nSPS) is 11.2. The Balaban J connectivity index is 2.56. The fraction of sp³-hybridized carbons (Fsp3) is 0.615. The molecule has 0 spiro atoms. The number of hydrogen-bond acceptors (Lipinski definition) is 3. The van der Waals surface area contributed by atoms with Crippen molar-refractivity contribution in [1.82, 2.24) is 10.3 Å². The Morgan fingerprint density at radius 1 is 1.35 bits per heavy atom. The molecule has 0 radical (unpaired) electrons. The van der Waals surface area contributed by atoms with E-state index in [-0.39, 0.29) is 6.10 Å². The maximum absolute atomic E-state index is 6.10. The molecule has 0 fully saturated rings. The second-order valence-electron chi connectivity index (χ2n) is 4.82. The summed E-state index contributed by atoms with van der Waals surface area (Å²) >= 11 is 6.10. The van der Waals surface area contributed by atoms with Gasteiger partial charge in [-0.1, -0.05) is 25.4 Å². The quantitative estimate of drug-likeness (QED) is 0.848. The zero-order valence-corrected chi connectivity index (χ0v) is 11.7. The highest BCUT2D eigenvalue weighted by molar-refractivity contribution is 6.31. The molecule has 1 heterocycles. The van der Waals surface area contributed by atoms with Crippen molar-refractivity contribution < 1.29 is 4.74 Å². The second kappa shape index (κ2) is 6.82. The van der Waals surface area contributed by atoms with Crippen LogP contribution < -0.4 is 10.1 Å². The lowest BCUT2D eigenvalue weighted by atomic mass is 10.2. The van der Waals surface area contributed by atoms with Crippen LogP contribution >= 0.6 is 11.6 Å². The van der Waals surface area contributed by atoms with E-state index in [1.54, 1.807) is 6.20 Å². The van der Waals surface area contributed by atoms with E-state index in [2.05, 4.69) is 24.1 Å². The van der Waals surface area contributed by atoms with Gasteiger partial charge in [0.15, 0.2) is 0 Å². The first-order valence-electron chi connectivity index (χ1n) is 6.00. The van der Waals surface area contributed by atoms with Crippen LogP contribution in [0, 0.1) is 5.92 Å². The zero-order chi connectivity index (χ0) is 12.8. The molecule has 0 aliphatic rings. The van der Waals surface area contributed by atoms with E-state index in [1.165, 1.54) is 0 Å². The molecule has 0 saturated carbocycles. The van der Waals surface area contributed by atoms with Gasteiger partial charge in [-0.05, 0) is 37.9 Å². The molecule has 1 aromatic heterocycles. The molecule has 0 bridgehead atoms. The van der Waals surface area contributed by atoms with Gasteiger partial charge in [0.2, 0.25) is 5.88 Å². The molecule has 0 unspecified atom stereocenters. The Labute approximate surface area is 109 Å². The fourth-order valence-corrected chi connectivity index (χ4v) is 1.61. The van der Waals surface area contributed by atoms with Crippen LogP contribution in [0.2, 0.25) is 5.02 Å². The molecule has 4 heteroatoms. The molecule has 0 aliphatic carbocycles. The summed E-state index contributed by atoms with van der Waals surface area (Å²) in [4.78, 5) is 4.22. The minimum atomic E-state index is 0.0879. The van der Waals surface area contributed by atoms with Gasteiger partial charge in [0.25, 0.3) is 0 Å². The first-order valence-corrected chi connectivity index (χ1v) is 6.38. The average Bonchev–Trinajstić information content (AvgIpc) is 2.21. The third kappa shape index (κ3) is 5.37. The lowest BCUT2D eigenvalue weighted by Crippen LogP contribution is -2.19. The molecule has 0 amide bonds. The molecule has 0 aliphatic heterocycles. The lowest BCUT2D eigenvalue weighted by Gasteiger charge is -2.11. The molecule has 17 heavy (non-hydrogen) atoms. The Bertz CT molecular complexity index is 353. The minimum Gasteiger partial charge on any atom is -0.474 e. The number of nitrogens with one attached hydrogen (secondary N) is 1. The summed E-state index contributed by atoms with van der Waals surface area (Å²) in [7, 11) is 0. The predicted octanol–water partition coefficient (Wildman–Crippen LogP) is 3.27. The van der Waals surface area contributed by atoms with Crippen molar-refractivity contribution in [3.05, 3.63) is 22.8 Å². The standard InChI is InChI=1S/C13H21ClN2O/c1-9(2)6-15-7-11-5-12(14)13(16-8-11)17-10(3)4/h5,8-10,15H,6-7H2,1-4H3. The SMILES string of the molecule is CC(C)CNCc1cnc(OC(C)C)c(Cl)c1. The third-order valence-corrected chi connectivity index (χ3v) is 2.36. The highest BCUT2D eigenvalue weighted by atomic mass is 35.5. The molecule has 96 valence electrons. The maximum atomic E-state index is 6.10. The van der Waals surface area contributed by atoms with Gasteiger partial charge in [-0.2, -0.15) is 0 Å². The van der Waals surface area contributed by atoms with Crippen LogP contribution in [0.25, 0.3) is 0 Å². The smallest absolute Gasteiger partial charge is 0.232 e. The van der Waals surface area contributed by atoms with Crippen molar-refractivity contribution >= 4 is 11.6 Å². The number of rotatable bonds is 6. The van der Waals surface area contributed by atoms with E-state index in [4.69, 9.17) is 16.3 Å². The Kier molecular flexibility index (Phi) is 5.72. The van der Waals surface area contributed by atoms with Gasteiger partial charge in [-0.25, -0.2) is 4.98 Å². The summed E-state index contributed by atoms with van der Waals surface area (Å²) in [6.07, 6.45) is 1.89. The monoisotopic (exact) mass is 256 g/mol. The van der Waals surface area contributed by atoms with Crippen LogP contribution in [0.3, 0.4) is 0 Å². The second-order valence-corrected chi connectivity index (χ2v) is 5.23. The van der Waals surface area contributed by atoms with E-state index in [1.807, 2.05) is 19.9 Å². The van der Waals surface area contributed by atoms with Crippen molar-refractivity contribution in [1.29, 1.82) is 0 Å². The van der Waals surface area contributed by atoms with Crippen molar-refractivity contribution in [3.8, 4) is 5.88 Å². The number of aromatic nitrogens is 1. The van der Waals surface area contributed by atoms with Gasteiger partial charge in [0.05, 0.1) is 6.10 Å². The summed E-state index contributed by atoms with van der Waals surface area (Å²) in [6.45, 7) is 10.0. The van der Waals surface area contributed by atoms with E-state index >= 15 is 0 Å². The molecular weight excluding hydrogens is 236 g/mol. The number of nitrogens with zero attached hydrogens (tertiary/aromatic N) is 1. The fourth-order valence-electron chi connectivity index (χ4n) is 1.38. The van der Waals surface area contributed by atoms with Gasteiger partial charge >= 0.3 is 0 Å². The summed E-state index contributed by atoms with van der Waals surface area (Å²) in [5, 5.41) is 3.92. The molecule has 1 N–H and O–H groups in total. The number of hydrogen-bond donors (Lipinski definition) is 1. The van der Waals surface area contributed by atoms with Crippen molar-refractivity contribution in [3.63, 3.8) is 0 Å². The van der Waals surface area contributed by atoms with Crippen LogP contribution in [0.4, 0.5) is 0 Å². The van der Waals surface area contributed by atoms with Crippen LogP contribution in [0.5, 0.6) is 5.88 Å². The molecule has 3 nitrogen and oxygen atoms in total. The Morgan fingerprint density at radius 2 is 2.06 bits per heavy atom. The van der Waals surface area contributed by atoms with Crippen LogP contribution in [-0.2, 0) is 6.54 Å². The summed E-state index contributed by atoms with van der Waals surface area (Å²) in [5.74, 6) is 1.15. The van der Waals surface area contributed by atoms with Gasteiger partial charge < -0.3 is 10.1 Å². The molecule has 1 aromatic rings. The Hall–Kier alpha value is -0.800. The van der Waals surface area contributed by atoms with Crippen LogP contribution in [0.15, 0.2) is 12.3 Å². The summed E-state index contributed by atoms with van der Waals surface area (Å²) < 4.78 is 5.48. The van der Waals surface area contributed by atoms with E-state index in [0.29, 0.717) is 16.8 Å². The third-order valence-electron chi connectivity index (χ3n) is 2.09. The zero-order valence-electron chi connectivity index (χ0n) is 11.0. The van der Waals surface area contributed by atoms with Crippen molar-refractivity contribution in [2.24, 2.45) is 5.92 Å². The van der Waals surface area contributed by atoms with E-state index < -0.39 is 0 Å². The van der Waals surface area contributed by atoms with Crippen molar-refractivity contribution in [2.75, 3.05) is 6.54 Å². The first kappa shape index (κ1) is 14.3. The highest BCUT2D eigenvalue weighted by Gasteiger charge is 2.06. The van der Waals surface area contributed by atoms with Gasteiger partial charge in [-0.15, -0.1) is 0 Å². The molecule has 0 atom stereocenters. The van der Waals surface area contributed by atoms with E-state index in [0.717, 1.165) is 18.7 Å². The van der Waals surface area contributed by atoms with Crippen molar-refractivity contribution in [2.45, 2.75) is 40.3 Å². The Morgan fingerprint density at radius 3 is 2.59 bits per heavy atom. The van der Waals surface area contributed by atoms with Crippen LogP contribution in [0.1, 0.15) is 33.3 Å². The summed E-state index contributed by atoms with van der Waals surface area (Å²) in [5.41, 5.74) is 1.08.